The lowest BCUT2D eigenvalue weighted by Gasteiger charge is -2.16. The zero-order valence-corrected chi connectivity index (χ0v) is 22.7. The predicted molar refractivity (Wildman–Crippen MR) is 147 cm³/mol. The molecule has 0 bridgehead atoms. The highest BCUT2D eigenvalue weighted by Crippen LogP contribution is 2.29. The van der Waals surface area contributed by atoms with Crippen molar-refractivity contribution in [1.82, 2.24) is 24.8 Å². The number of benzene rings is 2. The molecule has 0 radical (unpaired) electrons. The zero-order valence-electron chi connectivity index (χ0n) is 21.9. The molecule has 1 N–H and O–H groups in total. The van der Waals surface area contributed by atoms with Crippen molar-refractivity contribution >= 4 is 28.5 Å². The zero-order chi connectivity index (χ0) is 28.3. The average molecular weight is 556 g/mol. The van der Waals surface area contributed by atoms with E-state index in [0.717, 1.165) is 5.56 Å². The summed E-state index contributed by atoms with van der Waals surface area (Å²) in [6, 6.07) is 13.1. The number of fused-ring (bicyclic) bond motifs is 1. The summed E-state index contributed by atoms with van der Waals surface area (Å²) >= 11 is 6.19. The van der Waals surface area contributed by atoms with Crippen molar-refractivity contribution in [2.45, 2.75) is 39.6 Å². The normalized spacial score (nSPS) is 11.5. The number of alkyl halides is 2. The van der Waals surface area contributed by atoms with Crippen LogP contribution >= 0.6 is 11.6 Å². The molecule has 2 aromatic heterocycles. The van der Waals surface area contributed by atoms with Crippen molar-refractivity contribution in [2.24, 2.45) is 0 Å². The molecule has 4 aromatic rings. The van der Waals surface area contributed by atoms with Crippen molar-refractivity contribution in [3.8, 4) is 28.3 Å². The van der Waals surface area contributed by atoms with Gasteiger partial charge in [0.05, 0.1) is 5.39 Å². The summed E-state index contributed by atoms with van der Waals surface area (Å²) in [6.07, 6.45) is 1.52. The van der Waals surface area contributed by atoms with Gasteiger partial charge in [-0.05, 0) is 75.5 Å². The average Bonchev–Trinajstić information content (AvgIpc) is 2.84. The van der Waals surface area contributed by atoms with Gasteiger partial charge in [0.2, 0.25) is 5.91 Å². The van der Waals surface area contributed by atoms with Crippen molar-refractivity contribution in [3.05, 3.63) is 75.7 Å². The van der Waals surface area contributed by atoms with Crippen LogP contribution in [0, 0.1) is 0 Å². The topological polar surface area (TPSA) is 89.3 Å². The van der Waals surface area contributed by atoms with E-state index in [0.29, 0.717) is 28.3 Å². The minimum Gasteiger partial charge on any atom is -0.435 e. The Labute approximate surface area is 229 Å². The van der Waals surface area contributed by atoms with E-state index in [2.05, 4.69) is 20.0 Å². The smallest absolute Gasteiger partial charge is 0.387 e. The second-order valence-corrected chi connectivity index (χ2v) is 10.1. The molecule has 11 heteroatoms. The Hall–Kier alpha value is -3.89. The van der Waals surface area contributed by atoms with E-state index in [4.69, 9.17) is 11.6 Å². The van der Waals surface area contributed by atoms with Crippen molar-refractivity contribution in [2.75, 3.05) is 14.1 Å². The molecule has 204 valence electrons. The van der Waals surface area contributed by atoms with Crippen LogP contribution in [0.1, 0.15) is 19.4 Å². The van der Waals surface area contributed by atoms with Gasteiger partial charge in [0, 0.05) is 34.9 Å². The Morgan fingerprint density at radius 1 is 1.10 bits per heavy atom. The van der Waals surface area contributed by atoms with Crippen molar-refractivity contribution < 1.29 is 18.3 Å². The standard InChI is InChI=1S/C28H28ClF2N5O3/c1-16(2)33-24(37)15-36-26(18-6-5-7-21(29)10-18)34-25-23(27(36)38)12-20(13-32-25)19-8-17(14-35(3)4)9-22(11-19)39-28(30)31/h5-13,16,28H,14-15H2,1-4H3,(H,33,37). The number of amides is 1. The highest BCUT2D eigenvalue weighted by Gasteiger charge is 2.18. The third-order valence-electron chi connectivity index (χ3n) is 5.67. The van der Waals surface area contributed by atoms with E-state index < -0.39 is 12.2 Å². The molecule has 0 aliphatic heterocycles. The number of nitrogens with one attached hydrogen (secondary N) is 1. The van der Waals surface area contributed by atoms with Crippen molar-refractivity contribution in [1.29, 1.82) is 0 Å². The van der Waals surface area contributed by atoms with Gasteiger partial charge in [0.1, 0.15) is 18.1 Å². The van der Waals surface area contributed by atoms with E-state index in [1.807, 2.05) is 38.9 Å². The van der Waals surface area contributed by atoms with Crippen molar-refractivity contribution in [3.63, 3.8) is 0 Å². The monoisotopic (exact) mass is 555 g/mol. The SMILES string of the molecule is CC(C)NC(=O)Cn1c(-c2cccc(Cl)c2)nc2ncc(-c3cc(CN(C)C)cc(OC(F)F)c3)cc2c1=O. The number of hydrogen-bond acceptors (Lipinski definition) is 6. The molecule has 2 aromatic carbocycles. The first-order chi connectivity index (χ1) is 18.5. The highest BCUT2D eigenvalue weighted by atomic mass is 35.5. The third kappa shape index (κ3) is 6.96. The Morgan fingerprint density at radius 2 is 1.87 bits per heavy atom. The van der Waals surface area contributed by atoms with E-state index in [1.54, 1.807) is 36.4 Å². The van der Waals surface area contributed by atoms with Crippen LogP contribution in [-0.4, -0.2) is 52.1 Å². The molecule has 4 rings (SSSR count). The maximum Gasteiger partial charge on any atom is 0.387 e. The lowest BCUT2D eigenvalue weighted by Crippen LogP contribution is -2.37. The Bertz CT molecular complexity index is 1540. The Morgan fingerprint density at radius 3 is 2.54 bits per heavy atom. The van der Waals surface area contributed by atoms with Crippen LogP contribution in [-0.2, 0) is 17.9 Å². The summed E-state index contributed by atoms with van der Waals surface area (Å²) in [6.45, 7) is 0.877. The van der Waals surface area contributed by atoms with Gasteiger partial charge in [-0.15, -0.1) is 0 Å². The van der Waals surface area contributed by atoms with Gasteiger partial charge >= 0.3 is 6.61 Å². The van der Waals surface area contributed by atoms with Crippen LogP contribution in [0.4, 0.5) is 8.78 Å². The fourth-order valence-corrected chi connectivity index (χ4v) is 4.42. The van der Waals surface area contributed by atoms with Gasteiger partial charge in [-0.3, -0.25) is 14.2 Å². The van der Waals surface area contributed by atoms with E-state index in [1.165, 1.54) is 16.8 Å². The number of pyridine rings is 1. The minimum absolute atomic E-state index is 0.00311. The maximum atomic E-state index is 13.8. The largest absolute Gasteiger partial charge is 0.435 e. The molecule has 0 fully saturated rings. The molecular weight excluding hydrogens is 528 g/mol. The van der Waals surface area contributed by atoms with Crippen LogP contribution in [0.2, 0.25) is 5.02 Å². The number of carbonyl (C=O) groups excluding carboxylic acids is 1. The molecule has 0 aliphatic carbocycles. The van der Waals surface area contributed by atoms with Crippen LogP contribution in [0.25, 0.3) is 33.5 Å². The summed E-state index contributed by atoms with van der Waals surface area (Å²) in [4.78, 5) is 37.4. The molecule has 0 atom stereocenters. The minimum atomic E-state index is -2.99. The molecule has 1 amide bonds. The molecule has 0 saturated carbocycles. The summed E-state index contributed by atoms with van der Waals surface area (Å²) in [7, 11) is 3.72. The predicted octanol–water partition coefficient (Wildman–Crippen LogP) is 4.97. The molecule has 2 heterocycles. The first-order valence-electron chi connectivity index (χ1n) is 12.2. The number of nitrogens with zero attached hydrogens (tertiary/aromatic N) is 4. The van der Waals surface area contributed by atoms with Gasteiger partial charge < -0.3 is 15.0 Å². The van der Waals surface area contributed by atoms with E-state index in [9.17, 15) is 18.4 Å². The summed E-state index contributed by atoms with van der Waals surface area (Å²) in [5, 5.41) is 3.41. The van der Waals surface area contributed by atoms with Gasteiger partial charge in [0.25, 0.3) is 5.56 Å². The third-order valence-corrected chi connectivity index (χ3v) is 5.90. The maximum absolute atomic E-state index is 13.8. The van der Waals surface area contributed by atoms with Crippen LogP contribution in [0.5, 0.6) is 5.75 Å². The summed E-state index contributed by atoms with van der Waals surface area (Å²) < 4.78 is 32.0. The number of rotatable bonds is 9. The van der Waals surface area contributed by atoms with Gasteiger partial charge in [0.15, 0.2) is 5.65 Å². The number of hydrogen-bond donors (Lipinski definition) is 1. The number of carbonyl (C=O) groups is 1. The van der Waals surface area contributed by atoms with Gasteiger partial charge in [-0.2, -0.15) is 8.78 Å². The molecule has 8 nitrogen and oxygen atoms in total. The lowest BCUT2D eigenvalue weighted by molar-refractivity contribution is -0.122. The quantitative estimate of drug-likeness (QED) is 0.314. The van der Waals surface area contributed by atoms with Gasteiger partial charge in [-0.25, -0.2) is 9.97 Å². The summed E-state index contributed by atoms with van der Waals surface area (Å²) in [5.41, 5.74) is 2.04. The molecule has 0 aliphatic rings. The number of aromatic nitrogens is 3. The Kier molecular flexibility index (Phi) is 8.57. The second kappa shape index (κ2) is 11.9. The fourth-order valence-electron chi connectivity index (χ4n) is 4.22. The number of ether oxygens (including phenoxy) is 1. The number of halogens is 3. The van der Waals surface area contributed by atoms with Crippen LogP contribution < -0.4 is 15.6 Å². The van der Waals surface area contributed by atoms with Crippen LogP contribution in [0.3, 0.4) is 0 Å². The Balaban J connectivity index is 1.89. The lowest BCUT2D eigenvalue weighted by atomic mass is 10.0. The highest BCUT2D eigenvalue weighted by molar-refractivity contribution is 6.30. The fraction of sp³-hybridized carbons (Fsp3) is 0.286. The van der Waals surface area contributed by atoms with E-state index in [-0.39, 0.29) is 41.1 Å². The molecule has 0 spiro atoms. The second-order valence-electron chi connectivity index (χ2n) is 9.64. The molecular formula is C28H28ClF2N5O3. The van der Waals surface area contributed by atoms with E-state index >= 15 is 0 Å². The van der Waals surface area contributed by atoms with Gasteiger partial charge in [-0.1, -0.05) is 23.7 Å². The molecule has 0 saturated heterocycles. The molecule has 0 unspecified atom stereocenters. The first-order valence-corrected chi connectivity index (χ1v) is 12.6. The summed E-state index contributed by atoms with van der Waals surface area (Å²) in [5.74, 6) is -0.114. The van der Waals surface area contributed by atoms with Crippen LogP contribution in [0.15, 0.2) is 59.5 Å². The first kappa shape index (κ1) is 28.1. The molecule has 39 heavy (non-hydrogen) atoms.